The molecule has 1 heterocycles. The molecule has 2 nitrogen and oxygen atoms in total. The summed E-state index contributed by atoms with van der Waals surface area (Å²) in [5.74, 6) is 0. The van der Waals surface area contributed by atoms with E-state index in [1.54, 1.807) is 18.4 Å². The third-order valence-corrected chi connectivity index (χ3v) is 1.78. The first-order valence-electron chi connectivity index (χ1n) is 3.01. The van der Waals surface area contributed by atoms with Gasteiger partial charge in [0.15, 0.2) is 0 Å². The Kier molecular flexibility index (Phi) is 3.43. The van der Waals surface area contributed by atoms with E-state index in [2.05, 4.69) is 5.38 Å². The van der Waals surface area contributed by atoms with Crippen molar-refractivity contribution >= 4 is 11.3 Å². The van der Waals surface area contributed by atoms with Crippen LogP contribution in [0.25, 0.3) is 0 Å². The van der Waals surface area contributed by atoms with Crippen molar-refractivity contribution in [1.82, 2.24) is 0 Å². The van der Waals surface area contributed by atoms with E-state index in [0.29, 0.717) is 13.4 Å². The monoisotopic (exact) mass is 158 g/mol. The second-order valence-corrected chi connectivity index (χ2v) is 2.67. The number of rotatable bonds is 4. The van der Waals surface area contributed by atoms with Crippen LogP contribution in [-0.2, 0) is 16.1 Å². The second-order valence-electron chi connectivity index (χ2n) is 1.89. The minimum absolute atomic E-state index is 0.371. The van der Waals surface area contributed by atoms with Gasteiger partial charge >= 0.3 is 0 Å². The van der Waals surface area contributed by atoms with Crippen molar-refractivity contribution in [2.75, 3.05) is 13.9 Å². The van der Waals surface area contributed by atoms with Crippen molar-refractivity contribution in [3.63, 3.8) is 0 Å². The highest BCUT2D eigenvalue weighted by molar-refractivity contribution is 7.07. The fraction of sp³-hybridized carbons (Fsp3) is 0.429. The van der Waals surface area contributed by atoms with Crippen molar-refractivity contribution in [1.29, 1.82) is 0 Å². The third kappa shape index (κ3) is 2.47. The van der Waals surface area contributed by atoms with Crippen LogP contribution in [-0.4, -0.2) is 13.9 Å². The number of ether oxygens (including phenoxy) is 2. The van der Waals surface area contributed by atoms with E-state index in [-0.39, 0.29) is 0 Å². The molecule has 0 aromatic carbocycles. The molecule has 0 fully saturated rings. The van der Waals surface area contributed by atoms with E-state index in [9.17, 15) is 0 Å². The lowest BCUT2D eigenvalue weighted by atomic mass is 10.4. The number of hydrogen-bond donors (Lipinski definition) is 0. The van der Waals surface area contributed by atoms with E-state index in [4.69, 9.17) is 9.47 Å². The predicted molar refractivity (Wildman–Crippen MR) is 41.0 cm³/mol. The highest BCUT2D eigenvalue weighted by Crippen LogP contribution is 2.06. The average Bonchev–Trinajstić information content (AvgIpc) is 2.41. The third-order valence-electron chi connectivity index (χ3n) is 1.05. The van der Waals surface area contributed by atoms with Gasteiger partial charge in [-0.1, -0.05) is 0 Å². The Morgan fingerprint density at radius 3 is 3.10 bits per heavy atom. The normalized spacial score (nSPS) is 10.1. The molecule has 0 aliphatic rings. The van der Waals surface area contributed by atoms with Gasteiger partial charge in [0.1, 0.15) is 6.79 Å². The SMILES string of the molecule is COCOCc1ccsc1. The van der Waals surface area contributed by atoms with Crippen LogP contribution >= 0.6 is 11.3 Å². The molecule has 10 heavy (non-hydrogen) atoms. The van der Waals surface area contributed by atoms with Gasteiger partial charge in [0.2, 0.25) is 0 Å². The van der Waals surface area contributed by atoms with Gasteiger partial charge in [-0.3, -0.25) is 0 Å². The van der Waals surface area contributed by atoms with Crippen LogP contribution in [0.4, 0.5) is 0 Å². The largest absolute Gasteiger partial charge is 0.359 e. The zero-order chi connectivity index (χ0) is 7.23. The highest BCUT2D eigenvalue weighted by atomic mass is 32.1. The molecule has 1 aromatic rings. The summed E-state index contributed by atoms with van der Waals surface area (Å²) in [5, 5.41) is 4.10. The Morgan fingerprint density at radius 1 is 1.60 bits per heavy atom. The molecule has 1 rings (SSSR count). The topological polar surface area (TPSA) is 18.5 Å². The van der Waals surface area contributed by atoms with Crippen LogP contribution in [0, 0.1) is 0 Å². The molecule has 0 spiro atoms. The summed E-state index contributed by atoms with van der Waals surface area (Å²) >= 11 is 1.68. The van der Waals surface area contributed by atoms with Crippen LogP contribution < -0.4 is 0 Å². The van der Waals surface area contributed by atoms with E-state index >= 15 is 0 Å². The first-order valence-corrected chi connectivity index (χ1v) is 3.95. The lowest BCUT2D eigenvalue weighted by Crippen LogP contribution is -1.95. The molecule has 0 N–H and O–H groups in total. The zero-order valence-electron chi connectivity index (χ0n) is 5.87. The Labute approximate surface area is 64.4 Å². The van der Waals surface area contributed by atoms with Gasteiger partial charge in [-0.05, 0) is 22.4 Å². The minimum Gasteiger partial charge on any atom is -0.359 e. The van der Waals surface area contributed by atoms with Gasteiger partial charge in [-0.2, -0.15) is 11.3 Å². The summed E-state index contributed by atoms with van der Waals surface area (Å²) in [6.07, 6.45) is 0. The molecule has 0 atom stereocenters. The molecular weight excluding hydrogens is 148 g/mol. The summed E-state index contributed by atoms with van der Waals surface area (Å²) in [4.78, 5) is 0. The van der Waals surface area contributed by atoms with Gasteiger partial charge in [-0.15, -0.1) is 0 Å². The molecule has 1 aromatic heterocycles. The van der Waals surface area contributed by atoms with E-state index < -0.39 is 0 Å². The first-order chi connectivity index (χ1) is 4.93. The number of methoxy groups -OCH3 is 1. The van der Waals surface area contributed by atoms with Gasteiger partial charge in [0, 0.05) is 7.11 Å². The Balaban J connectivity index is 2.15. The zero-order valence-corrected chi connectivity index (χ0v) is 6.69. The molecule has 3 heteroatoms. The molecule has 0 aliphatic carbocycles. The maximum Gasteiger partial charge on any atom is 0.146 e. The molecule has 0 unspecified atom stereocenters. The smallest absolute Gasteiger partial charge is 0.146 e. The summed E-state index contributed by atoms with van der Waals surface area (Å²) < 4.78 is 9.83. The highest BCUT2D eigenvalue weighted by Gasteiger charge is 1.90. The Bertz CT molecular complexity index is 160. The fourth-order valence-corrected chi connectivity index (χ4v) is 1.27. The first kappa shape index (κ1) is 7.72. The Morgan fingerprint density at radius 2 is 2.50 bits per heavy atom. The minimum atomic E-state index is 0.371. The molecule has 0 radical (unpaired) electrons. The quantitative estimate of drug-likeness (QED) is 0.492. The lowest BCUT2D eigenvalue weighted by Gasteiger charge is -1.98. The van der Waals surface area contributed by atoms with Gasteiger partial charge in [0.05, 0.1) is 6.61 Å². The molecule has 0 saturated heterocycles. The Hall–Kier alpha value is -0.380. The predicted octanol–water partition coefficient (Wildman–Crippen LogP) is 1.87. The molecule has 56 valence electrons. The molecule has 0 bridgehead atoms. The van der Waals surface area contributed by atoms with Crippen LogP contribution in [0.2, 0.25) is 0 Å². The lowest BCUT2D eigenvalue weighted by molar-refractivity contribution is -0.0389. The molecule has 0 aliphatic heterocycles. The molecule has 0 saturated carbocycles. The second kappa shape index (κ2) is 4.44. The maximum absolute atomic E-state index is 5.11. The van der Waals surface area contributed by atoms with Crippen LogP contribution in [0.1, 0.15) is 5.56 Å². The number of hydrogen-bond acceptors (Lipinski definition) is 3. The van der Waals surface area contributed by atoms with Crippen molar-refractivity contribution in [3.05, 3.63) is 22.4 Å². The fourth-order valence-electron chi connectivity index (χ4n) is 0.618. The van der Waals surface area contributed by atoms with Crippen molar-refractivity contribution in [2.45, 2.75) is 6.61 Å². The van der Waals surface area contributed by atoms with Gasteiger partial charge in [-0.25, -0.2) is 0 Å². The summed E-state index contributed by atoms with van der Waals surface area (Å²) in [5.41, 5.74) is 1.21. The van der Waals surface area contributed by atoms with E-state index in [1.165, 1.54) is 5.56 Å². The average molecular weight is 158 g/mol. The van der Waals surface area contributed by atoms with Crippen LogP contribution in [0.5, 0.6) is 0 Å². The summed E-state index contributed by atoms with van der Waals surface area (Å²) in [7, 11) is 1.62. The van der Waals surface area contributed by atoms with E-state index in [1.807, 2.05) is 11.4 Å². The standard InChI is InChI=1S/C7H10O2S/c1-8-6-9-4-7-2-3-10-5-7/h2-3,5H,4,6H2,1H3. The summed E-state index contributed by atoms with van der Waals surface area (Å²) in [6.45, 7) is 1.02. The van der Waals surface area contributed by atoms with Crippen molar-refractivity contribution < 1.29 is 9.47 Å². The number of thiophene rings is 1. The molecular formula is C7H10O2S. The van der Waals surface area contributed by atoms with E-state index in [0.717, 1.165) is 0 Å². The van der Waals surface area contributed by atoms with Crippen LogP contribution in [0.15, 0.2) is 16.8 Å². The van der Waals surface area contributed by atoms with Crippen molar-refractivity contribution in [3.8, 4) is 0 Å². The van der Waals surface area contributed by atoms with Gasteiger partial charge in [0.25, 0.3) is 0 Å². The molecule has 0 amide bonds. The maximum atomic E-state index is 5.11. The van der Waals surface area contributed by atoms with Crippen LogP contribution in [0.3, 0.4) is 0 Å². The van der Waals surface area contributed by atoms with Gasteiger partial charge < -0.3 is 9.47 Å². The summed E-state index contributed by atoms with van der Waals surface area (Å²) in [6, 6.07) is 2.04. The van der Waals surface area contributed by atoms with Crippen molar-refractivity contribution in [2.24, 2.45) is 0 Å².